The van der Waals surface area contributed by atoms with Gasteiger partial charge in [0.15, 0.2) is 0 Å². The number of anilines is 2. The number of carboxylic acids is 1. The van der Waals surface area contributed by atoms with Crippen molar-refractivity contribution >= 4 is 35.2 Å². The molecule has 4 amide bonds. The number of nitrogens with one attached hydrogen (secondary N) is 2. The summed E-state index contributed by atoms with van der Waals surface area (Å²) in [6.07, 6.45) is -0.739. The monoisotopic (exact) mass is 555 g/mol. The number of aliphatic hydroxyl groups excluding tert-OH is 1. The lowest BCUT2D eigenvalue weighted by Crippen LogP contribution is -2.55. The largest absolute Gasteiger partial charge is 0.506 e. The molecule has 13 nitrogen and oxygen atoms in total. The van der Waals surface area contributed by atoms with Crippen molar-refractivity contribution in [2.24, 2.45) is 0 Å². The van der Waals surface area contributed by atoms with Crippen LogP contribution in [0.2, 0.25) is 0 Å². The number of β-amino-alcohol motifs (C(OH)–C–C–N with tert-alkyl or cyclic N) is 1. The summed E-state index contributed by atoms with van der Waals surface area (Å²) in [5.41, 5.74) is 1.17. The van der Waals surface area contributed by atoms with Gasteiger partial charge in [-0.05, 0) is 29.8 Å². The molecule has 0 unspecified atom stereocenters. The summed E-state index contributed by atoms with van der Waals surface area (Å²) >= 11 is 0. The second kappa shape index (κ2) is 12.7. The Labute approximate surface area is 230 Å². The molecule has 2 saturated heterocycles. The molecule has 2 aromatic carbocycles. The minimum absolute atomic E-state index is 0.0392. The number of phenols is 1. The van der Waals surface area contributed by atoms with Gasteiger partial charge in [-0.1, -0.05) is 18.2 Å². The Kier molecular flexibility index (Phi) is 9.07. The quantitative estimate of drug-likeness (QED) is 0.295. The second-order valence-corrected chi connectivity index (χ2v) is 9.75. The minimum Gasteiger partial charge on any atom is -0.506 e. The lowest BCUT2D eigenvalue weighted by atomic mass is 10.1. The number of carboxylic acid groups (broad SMARTS) is 1. The third-order valence-electron chi connectivity index (χ3n) is 6.95. The van der Waals surface area contributed by atoms with Gasteiger partial charge in [0.05, 0.1) is 37.6 Å². The van der Waals surface area contributed by atoms with Gasteiger partial charge in [0.1, 0.15) is 17.5 Å². The van der Waals surface area contributed by atoms with Crippen LogP contribution in [0.25, 0.3) is 0 Å². The Morgan fingerprint density at radius 3 is 2.38 bits per heavy atom. The van der Waals surface area contributed by atoms with Crippen molar-refractivity contribution in [2.75, 3.05) is 57.0 Å². The first-order valence-corrected chi connectivity index (χ1v) is 12.9. The maximum absolute atomic E-state index is 13.3. The topological polar surface area (TPSA) is 172 Å². The summed E-state index contributed by atoms with van der Waals surface area (Å²) in [5.74, 6) is -1.28. The van der Waals surface area contributed by atoms with Gasteiger partial charge in [0.2, 0.25) is 11.8 Å². The number of rotatable bonds is 8. The zero-order valence-corrected chi connectivity index (χ0v) is 22.1. The van der Waals surface area contributed by atoms with E-state index >= 15 is 0 Å². The Morgan fingerprint density at radius 1 is 1.00 bits per heavy atom. The predicted octanol–water partition coefficient (Wildman–Crippen LogP) is 0.778. The summed E-state index contributed by atoms with van der Waals surface area (Å²) in [7, 11) is 1.43. The van der Waals surface area contributed by atoms with Crippen molar-refractivity contribution in [3.8, 4) is 11.5 Å². The van der Waals surface area contributed by atoms with Crippen LogP contribution in [0.5, 0.6) is 11.5 Å². The van der Waals surface area contributed by atoms with Crippen molar-refractivity contribution in [3.05, 3.63) is 48.0 Å². The number of aliphatic carboxylic acids is 1. The summed E-state index contributed by atoms with van der Waals surface area (Å²) in [5, 5.41) is 34.3. The number of para-hydroxylation sites is 2. The van der Waals surface area contributed by atoms with Gasteiger partial charge in [0, 0.05) is 39.1 Å². The molecule has 0 aromatic heterocycles. The highest BCUT2D eigenvalue weighted by Crippen LogP contribution is 2.28. The van der Waals surface area contributed by atoms with Crippen LogP contribution in [0.1, 0.15) is 12.0 Å². The fourth-order valence-electron chi connectivity index (χ4n) is 4.93. The molecular formula is C27H33N5O8. The van der Waals surface area contributed by atoms with Crippen molar-refractivity contribution in [3.63, 3.8) is 0 Å². The normalized spacial score (nSPS) is 19.2. The molecule has 2 aliphatic heterocycles. The molecule has 13 heteroatoms. The summed E-state index contributed by atoms with van der Waals surface area (Å²) < 4.78 is 5.40. The van der Waals surface area contributed by atoms with E-state index in [4.69, 9.17) is 9.84 Å². The molecule has 0 aliphatic carbocycles. The third kappa shape index (κ3) is 6.98. The van der Waals surface area contributed by atoms with Crippen LogP contribution >= 0.6 is 0 Å². The number of methoxy groups -OCH3 is 1. The zero-order valence-electron chi connectivity index (χ0n) is 22.1. The van der Waals surface area contributed by atoms with Crippen molar-refractivity contribution in [2.45, 2.75) is 25.0 Å². The predicted molar refractivity (Wildman–Crippen MR) is 144 cm³/mol. The smallest absolute Gasteiger partial charge is 0.323 e. The van der Waals surface area contributed by atoms with Gasteiger partial charge >= 0.3 is 12.0 Å². The number of carbonyl (C=O) groups is 4. The molecule has 4 rings (SSSR count). The van der Waals surface area contributed by atoms with Crippen LogP contribution in [-0.2, 0) is 20.8 Å². The van der Waals surface area contributed by atoms with Gasteiger partial charge < -0.3 is 40.5 Å². The van der Waals surface area contributed by atoms with E-state index in [2.05, 4.69) is 10.6 Å². The number of benzene rings is 2. The van der Waals surface area contributed by atoms with Crippen molar-refractivity contribution in [1.29, 1.82) is 0 Å². The SMILES string of the molecule is COc1cc(CC(=O)N2C[C@@H](O)C[C@H]2C(=O)N2CCN(CC(=O)O)CC2)ccc1NC(=O)Nc1ccccc1O. The maximum Gasteiger partial charge on any atom is 0.323 e. The van der Waals surface area contributed by atoms with E-state index < -0.39 is 24.1 Å². The molecule has 0 radical (unpaired) electrons. The number of piperazine rings is 1. The molecule has 214 valence electrons. The van der Waals surface area contributed by atoms with E-state index in [-0.39, 0.29) is 49.2 Å². The summed E-state index contributed by atoms with van der Waals surface area (Å²) in [6.45, 7) is 1.50. The summed E-state index contributed by atoms with van der Waals surface area (Å²) in [6, 6.07) is 9.75. The standard InChI is InChI=1S/C27H33N5O8/c1-40-23-12-17(6-7-20(23)29-27(39)28-19-4-2-3-5-22(19)34)13-24(35)32-15-18(33)14-21(32)26(38)31-10-8-30(9-11-31)16-25(36)37/h2-7,12,18,21,33-34H,8-11,13-16H2,1H3,(H,36,37)(H2,28,29,39)/t18-,21-/m0/s1. The van der Waals surface area contributed by atoms with Crippen LogP contribution in [-0.4, -0.2) is 112 Å². The van der Waals surface area contributed by atoms with E-state index in [9.17, 15) is 29.4 Å². The average molecular weight is 556 g/mol. The lowest BCUT2D eigenvalue weighted by Gasteiger charge is -2.36. The average Bonchev–Trinajstić information content (AvgIpc) is 3.32. The molecule has 0 spiro atoms. The maximum atomic E-state index is 13.3. The van der Waals surface area contributed by atoms with E-state index in [0.29, 0.717) is 43.2 Å². The molecule has 0 bridgehead atoms. The molecule has 2 atom stereocenters. The number of urea groups is 1. The zero-order chi connectivity index (χ0) is 28.8. The molecule has 2 fully saturated rings. The van der Waals surface area contributed by atoms with Gasteiger partial charge in [0.25, 0.3) is 0 Å². The van der Waals surface area contributed by atoms with E-state index in [1.165, 1.54) is 18.1 Å². The van der Waals surface area contributed by atoms with Gasteiger partial charge in [-0.15, -0.1) is 0 Å². The number of ether oxygens (including phenoxy) is 1. The first kappa shape index (κ1) is 28.6. The number of phenolic OH excluding ortho intramolecular Hbond substituents is 1. The molecule has 2 aromatic rings. The molecule has 0 saturated carbocycles. The van der Waals surface area contributed by atoms with E-state index in [1.54, 1.807) is 46.2 Å². The number of hydrogen-bond acceptors (Lipinski definition) is 8. The summed E-state index contributed by atoms with van der Waals surface area (Å²) in [4.78, 5) is 54.6. The Bertz CT molecular complexity index is 1260. The third-order valence-corrected chi connectivity index (χ3v) is 6.95. The number of aromatic hydroxyl groups is 1. The highest BCUT2D eigenvalue weighted by molar-refractivity contribution is 6.01. The molecule has 2 aliphatic rings. The fourth-order valence-corrected chi connectivity index (χ4v) is 4.93. The molecular weight excluding hydrogens is 522 g/mol. The second-order valence-electron chi connectivity index (χ2n) is 9.75. The number of aliphatic hydroxyl groups is 1. The number of likely N-dealkylation sites (tertiary alicyclic amines) is 1. The minimum atomic E-state index is -0.924. The Balaban J connectivity index is 1.38. The van der Waals surface area contributed by atoms with Gasteiger partial charge in [-0.3, -0.25) is 19.3 Å². The van der Waals surface area contributed by atoms with Crippen molar-refractivity contribution < 1.29 is 39.2 Å². The number of amides is 4. The van der Waals surface area contributed by atoms with Crippen LogP contribution in [0.15, 0.2) is 42.5 Å². The Morgan fingerprint density at radius 2 is 1.70 bits per heavy atom. The van der Waals surface area contributed by atoms with E-state index in [0.717, 1.165) is 0 Å². The van der Waals surface area contributed by atoms with Crippen LogP contribution in [0.3, 0.4) is 0 Å². The first-order valence-electron chi connectivity index (χ1n) is 12.9. The molecule has 5 N–H and O–H groups in total. The number of hydrogen-bond donors (Lipinski definition) is 5. The number of carbonyl (C=O) groups excluding carboxylic acids is 3. The molecule has 40 heavy (non-hydrogen) atoms. The first-order chi connectivity index (χ1) is 19.1. The highest BCUT2D eigenvalue weighted by Gasteiger charge is 2.41. The Hall–Kier alpha value is -4.36. The lowest BCUT2D eigenvalue weighted by molar-refractivity contribution is -0.145. The van der Waals surface area contributed by atoms with E-state index in [1.807, 2.05) is 0 Å². The van der Waals surface area contributed by atoms with Crippen LogP contribution in [0, 0.1) is 0 Å². The van der Waals surface area contributed by atoms with Gasteiger partial charge in [-0.2, -0.15) is 0 Å². The van der Waals surface area contributed by atoms with Gasteiger partial charge in [-0.25, -0.2) is 4.79 Å². The van der Waals surface area contributed by atoms with Crippen LogP contribution in [0.4, 0.5) is 16.2 Å². The highest BCUT2D eigenvalue weighted by atomic mass is 16.5. The van der Waals surface area contributed by atoms with Crippen LogP contribution < -0.4 is 15.4 Å². The molecule has 2 heterocycles. The fraction of sp³-hybridized carbons (Fsp3) is 0.407. The number of nitrogens with zero attached hydrogens (tertiary/aromatic N) is 3. The van der Waals surface area contributed by atoms with Crippen molar-refractivity contribution in [1.82, 2.24) is 14.7 Å².